The van der Waals surface area contributed by atoms with Gasteiger partial charge in [-0.3, -0.25) is 9.69 Å². The minimum absolute atomic E-state index is 0.173. The Morgan fingerprint density at radius 3 is 2.81 bits per heavy atom. The van der Waals surface area contributed by atoms with Crippen molar-refractivity contribution in [2.45, 2.75) is 19.1 Å². The quantitative estimate of drug-likeness (QED) is 0.752. The fraction of sp³-hybridized carbons (Fsp3) is 0.529. The van der Waals surface area contributed by atoms with Gasteiger partial charge >= 0.3 is 6.09 Å². The third-order valence-corrected chi connectivity index (χ3v) is 6.25. The van der Waals surface area contributed by atoms with Crippen LogP contribution in [0.15, 0.2) is 12.1 Å². The molecule has 1 aromatic rings. The van der Waals surface area contributed by atoms with Gasteiger partial charge in [-0.1, -0.05) is 11.2 Å². The second-order valence-corrected chi connectivity index (χ2v) is 8.41. The van der Waals surface area contributed by atoms with E-state index < -0.39 is 35.2 Å². The monoisotopic (exact) mass is 397 g/mol. The number of hydrogen-bond acceptors (Lipinski definition) is 6. The van der Waals surface area contributed by atoms with Gasteiger partial charge < -0.3 is 24.2 Å². The van der Waals surface area contributed by atoms with Crippen molar-refractivity contribution in [1.82, 2.24) is 5.32 Å². The SMILES string of the molecule is CC(=O)NC[C@@H]1OC(=O)N2c3cc(F)c(N4CC[S+]([O-])CC4)cc3OC[C@@H]12. The van der Waals surface area contributed by atoms with Crippen molar-refractivity contribution in [1.29, 1.82) is 0 Å². The summed E-state index contributed by atoms with van der Waals surface area (Å²) < 4.78 is 37.4. The van der Waals surface area contributed by atoms with Crippen LogP contribution in [0.3, 0.4) is 0 Å². The van der Waals surface area contributed by atoms with Gasteiger partial charge in [0.25, 0.3) is 0 Å². The van der Waals surface area contributed by atoms with E-state index >= 15 is 0 Å². The predicted octanol–water partition coefficient (Wildman–Crippen LogP) is 0.617. The summed E-state index contributed by atoms with van der Waals surface area (Å²) in [6.07, 6.45) is -1.14. The number of benzene rings is 1. The molecule has 146 valence electrons. The van der Waals surface area contributed by atoms with Crippen LogP contribution >= 0.6 is 0 Å². The van der Waals surface area contributed by atoms with E-state index in [0.29, 0.717) is 41.7 Å². The highest BCUT2D eigenvalue weighted by atomic mass is 32.2. The number of ether oxygens (including phenoxy) is 2. The molecule has 8 nitrogen and oxygen atoms in total. The van der Waals surface area contributed by atoms with Crippen molar-refractivity contribution in [3.8, 4) is 5.75 Å². The first-order valence-corrected chi connectivity index (χ1v) is 10.2. The van der Waals surface area contributed by atoms with E-state index in [2.05, 4.69) is 5.32 Å². The maximum absolute atomic E-state index is 14.8. The lowest BCUT2D eigenvalue weighted by Crippen LogP contribution is -2.47. The lowest BCUT2D eigenvalue weighted by atomic mass is 10.1. The zero-order valence-electron chi connectivity index (χ0n) is 14.8. The van der Waals surface area contributed by atoms with E-state index in [1.54, 1.807) is 6.07 Å². The van der Waals surface area contributed by atoms with Crippen LogP contribution in [0.1, 0.15) is 6.92 Å². The Morgan fingerprint density at radius 1 is 1.37 bits per heavy atom. The van der Waals surface area contributed by atoms with Crippen LogP contribution in [-0.2, 0) is 20.7 Å². The molecule has 2 fully saturated rings. The average molecular weight is 397 g/mol. The molecule has 4 rings (SSSR count). The van der Waals surface area contributed by atoms with Crippen LogP contribution in [0.5, 0.6) is 5.75 Å². The molecule has 0 saturated carbocycles. The van der Waals surface area contributed by atoms with Gasteiger partial charge in [-0.15, -0.1) is 0 Å². The summed E-state index contributed by atoms with van der Waals surface area (Å²) in [4.78, 5) is 26.7. The van der Waals surface area contributed by atoms with E-state index in [1.165, 1.54) is 17.9 Å². The van der Waals surface area contributed by atoms with Crippen molar-refractivity contribution < 1.29 is 28.0 Å². The highest BCUT2D eigenvalue weighted by molar-refractivity contribution is 7.91. The zero-order valence-corrected chi connectivity index (χ0v) is 15.6. The van der Waals surface area contributed by atoms with Crippen LogP contribution in [0.2, 0.25) is 0 Å². The number of hydrogen-bond donors (Lipinski definition) is 1. The number of amides is 2. The molecule has 3 aliphatic rings. The number of nitrogens with one attached hydrogen (secondary N) is 1. The number of halogens is 1. The smallest absolute Gasteiger partial charge is 0.415 e. The molecule has 1 N–H and O–H groups in total. The van der Waals surface area contributed by atoms with E-state index in [-0.39, 0.29) is 19.1 Å². The topological polar surface area (TPSA) is 94.2 Å². The summed E-state index contributed by atoms with van der Waals surface area (Å²) in [6.45, 7) is 2.77. The second-order valence-electron chi connectivity index (χ2n) is 6.71. The molecule has 27 heavy (non-hydrogen) atoms. The molecule has 2 amide bonds. The molecule has 0 radical (unpaired) electrons. The standard InChI is InChI=1S/C17H20FN3O5S/c1-10(22)19-8-16-14-9-25-15-7-12(20-2-4-27(24)5-3-20)11(18)6-13(15)21(14)17(23)26-16/h6-7,14,16H,2-5,8-9H2,1H3,(H,19,22)/t14-,16-/m0/s1. The number of fused-ring (bicyclic) bond motifs is 3. The third-order valence-electron chi connectivity index (χ3n) is 4.98. The number of carbonyl (C=O) groups excluding carboxylic acids is 2. The molecule has 10 heteroatoms. The van der Waals surface area contributed by atoms with Crippen molar-refractivity contribution >= 4 is 34.6 Å². The summed E-state index contributed by atoms with van der Waals surface area (Å²) in [7, 11) is 0. The Kier molecular flexibility index (Phi) is 4.77. The normalized spacial score (nSPS) is 24.8. The van der Waals surface area contributed by atoms with Crippen LogP contribution in [-0.4, -0.2) is 66.4 Å². The Balaban J connectivity index is 1.58. The van der Waals surface area contributed by atoms with Crippen LogP contribution < -0.4 is 19.9 Å². The summed E-state index contributed by atoms with van der Waals surface area (Å²) in [6, 6.07) is 2.44. The summed E-state index contributed by atoms with van der Waals surface area (Å²) in [5.41, 5.74) is 0.703. The van der Waals surface area contributed by atoms with E-state index in [4.69, 9.17) is 9.47 Å². The molecule has 3 heterocycles. The van der Waals surface area contributed by atoms with Crippen molar-refractivity contribution in [2.75, 3.05) is 47.5 Å². The fourth-order valence-electron chi connectivity index (χ4n) is 3.58. The number of rotatable bonds is 3. The molecule has 0 aromatic heterocycles. The third kappa shape index (κ3) is 3.39. The largest absolute Gasteiger partial charge is 0.616 e. The first kappa shape index (κ1) is 18.2. The maximum Gasteiger partial charge on any atom is 0.415 e. The van der Waals surface area contributed by atoms with Gasteiger partial charge in [0.1, 0.15) is 41.8 Å². The van der Waals surface area contributed by atoms with E-state index in [0.717, 1.165) is 0 Å². The summed E-state index contributed by atoms with van der Waals surface area (Å²) in [5, 5.41) is 2.63. The van der Waals surface area contributed by atoms with Gasteiger partial charge in [0, 0.05) is 19.1 Å². The number of anilines is 2. The summed E-state index contributed by atoms with van der Waals surface area (Å²) in [5.74, 6) is 0.723. The van der Waals surface area contributed by atoms with Crippen molar-refractivity contribution in [3.05, 3.63) is 17.9 Å². The molecule has 1 aromatic carbocycles. The zero-order chi connectivity index (χ0) is 19.1. The molecular formula is C17H20FN3O5S. The lowest BCUT2D eigenvalue weighted by molar-refractivity contribution is -0.119. The van der Waals surface area contributed by atoms with Gasteiger partial charge in [-0.25, -0.2) is 9.18 Å². The first-order chi connectivity index (χ1) is 12.9. The van der Waals surface area contributed by atoms with Crippen LogP contribution in [0.4, 0.5) is 20.6 Å². The van der Waals surface area contributed by atoms with E-state index in [9.17, 15) is 18.5 Å². The Morgan fingerprint density at radius 2 is 2.11 bits per heavy atom. The number of cyclic esters (lactones) is 1. The van der Waals surface area contributed by atoms with Gasteiger partial charge in [0.05, 0.1) is 31.0 Å². The number of nitrogens with zero attached hydrogens (tertiary/aromatic N) is 2. The molecule has 2 saturated heterocycles. The Hall–Kier alpha value is -2.20. The first-order valence-electron chi connectivity index (χ1n) is 8.74. The lowest BCUT2D eigenvalue weighted by Gasteiger charge is -2.34. The maximum atomic E-state index is 14.8. The van der Waals surface area contributed by atoms with Gasteiger partial charge in [-0.2, -0.15) is 0 Å². The van der Waals surface area contributed by atoms with Crippen molar-refractivity contribution in [2.24, 2.45) is 0 Å². The molecular weight excluding hydrogens is 377 g/mol. The summed E-state index contributed by atoms with van der Waals surface area (Å²) >= 11 is -0.856. The molecule has 0 unspecified atom stereocenters. The van der Waals surface area contributed by atoms with Crippen LogP contribution in [0, 0.1) is 5.82 Å². The fourth-order valence-corrected chi connectivity index (χ4v) is 4.63. The highest BCUT2D eigenvalue weighted by Crippen LogP contribution is 2.42. The van der Waals surface area contributed by atoms with Gasteiger partial charge in [0.2, 0.25) is 5.91 Å². The molecule has 0 aliphatic carbocycles. The molecule has 0 spiro atoms. The predicted molar refractivity (Wildman–Crippen MR) is 97.2 cm³/mol. The van der Waals surface area contributed by atoms with Gasteiger partial charge in [0.15, 0.2) is 0 Å². The minimum atomic E-state index is -0.856. The molecule has 0 bridgehead atoms. The van der Waals surface area contributed by atoms with E-state index in [1.807, 2.05) is 4.90 Å². The van der Waals surface area contributed by atoms with Crippen molar-refractivity contribution in [3.63, 3.8) is 0 Å². The number of carbonyl (C=O) groups is 2. The highest BCUT2D eigenvalue weighted by Gasteiger charge is 2.47. The molecule has 2 atom stereocenters. The molecule has 3 aliphatic heterocycles. The second kappa shape index (κ2) is 7.08. The van der Waals surface area contributed by atoms with Crippen LogP contribution in [0.25, 0.3) is 0 Å². The van der Waals surface area contributed by atoms with Gasteiger partial charge in [-0.05, 0) is 0 Å². The Bertz CT molecular complexity index is 771. The average Bonchev–Trinajstić information content (AvgIpc) is 2.96. The minimum Gasteiger partial charge on any atom is -0.616 e. The Labute approximate surface area is 158 Å².